The SMILES string of the molecule is CCC(=O)c1ccc(NC(C)c2ncc(CC)s2)cc1. The smallest absolute Gasteiger partial charge is 0.162 e. The zero-order valence-electron chi connectivity index (χ0n) is 12.1. The molecule has 0 aliphatic carbocycles. The minimum absolute atomic E-state index is 0.174. The van der Waals surface area contributed by atoms with Crippen molar-refractivity contribution < 1.29 is 4.79 Å². The summed E-state index contributed by atoms with van der Waals surface area (Å²) in [6.45, 7) is 6.12. The molecule has 0 aliphatic rings. The number of nitrogens with zero attached hydrogens (tertiary/aromatic N) is 1. The van der Waals surface area contributed by atoms with E-state index >= 15 is 0 Å². The van der Waals surface area contributed by atoms with Crippen molar-refractivity contribution in [2.45, 2.75) is 39.7 Å². The molecule has 0 aliphatic heterocycles. The molecule has 0 spiro atoms. The molecule has 20 heavy (non-hydrogen) atoms. The van der Waals surface area contributed by atoms with Gasteiger partial charge in [-0.1, -0.05) is 13.8 Å². The van der Waals surface area contributed by atoms with Gasteiger partial charge in [-0.2, -0.15) is 0 Å². The zero-order chi connectivity index (χ0) is 14.5. The highest BCUT2D eigenvalue weighted by Gasteiger charge is 2.10. The van der Waals surface area contributed by atoms with Crippen LogP contribution in [0.3, 0.4) is 0 Å². The van der Waals surface area contributed by atoms with Gasteiger partial charge in [0.15, 0.2) is 5.78 Å². The maximum Gasteiger partial charge on any atom is 0.162 e. The van der Waals surface area contributed by atoms with Gasteiger partial charge >= 0.3 is 0 Å². The number of rotatable bonds is 6. The van der Waals surface area contributed by atoms with Crippen LogP contribution in [0.5, 0.6) is 0 Å². The average molecular weight is 288 g/mol. The average Bonchev–Trinajstić information content (AvgIpc) is 2.96. The first-order valence-electron chi connectivity index (χ1n) is 6.98. The summed E-state index contributed by atoms with van der Waals surface area (Å²) in [4.78, 5) is 17.3. The molecule has 1 unspecified atom stereocenters. The number of carbonyl (C=O) groups excluding carboxylic acids is 1. The highest BCUT2D eigenvalue weighted by Crippen LogP contribution is 2.24. The van der Waals surface area contributed by atoms with E-state index in [2.05, 4.69) is 24.1 Å². The molecular weight excluding hydrogens is 268 g/mol. The Kier molecular flexibility index (Phi) is 4.90. The zero-order valence-corrected chi connectivity index (χ0v) is 13.0. The van der Waals surface area contributed by atoms with E-state index < -0.39 is 0 Å². The predicted octanol–water partition coefficient (Wildman–Crippen LogP) is 4.47. The molecule has 1 N–H and O–H groups in total. The lowest BCUT2D eigenvalue weighted by atomic mass is 10.1. The minimum Gasteiger partial charge on any atom is -0.376 e. The predicted molar refractivity (Wildman–Crippen MR) is 84.6 cm³/mol. The summed E-state index contributed by atoms with van der Waals surface area (Å²) in [6.07, 6.45) is 3.52. The second kappa shape index (κ2) is 6.66. The van der Waals surface area contributed by atoms with Crippen LogP contribution in [0.1, 0.15) is 53.5 Å². The summed E-state index contributed by atoms with van der Waals surface area (Å²) in [5, 5.41) is 4.51. The Bertz CT molecular complexity index is 574. The molecule has 1 aromatic carbocycles. The van der Waals surface area contributed by atoms with Crippen LogP contribution in [-0.2, 0) is 6.42 Å². The fraction of sp³-hybridized carbons (Fsp3) is 0.375. The number of aromatic nitrogens is 1. The van der Waals surface area contributed by atoms with E-state index in [1.807, 2.05) is 37.4 Å². The number of ketones is 1. The molecule has 4 heteroatoms. The van der Waals surface area contributed by atoms with Crippen molar-refractivity contribution in [2.75, 3.05) is 5.32 Å². The van der Waals surface area contributed by atoms with Crippen molar-refractivity contribution in [3.63, 3.8) is 0 Å². The van der Waals surface area contributed by atoms with Gasteiger partial charge in [0.2, 0.25) is 0 Å². The molecule has 0 amide bonds. The maximum atomic E-state index is 11.6. The molecular formula is C16H20N2OS. The Morgan fingerprint density at radius 3 is 2.55 bits per heavy atom. The van der Waals surface area contributed by atoms with Crippen LogP contribution in [-0.4, -0.2) is 10.8 Å². The summed E-state index contributed by atoms with van der Waals surface area (Å²) in [5.41, 5.74) is 1.78. The van der Waals surface area contributed by atoms with Crippen molar-refractivity contribution in [1.29, 1.82) is 0 Å². The van der Waals surface area contributed by atoms with Crippen LogP contribution >= 0.6 is 11.3 Å². The number of thiazole rings is 1. The monoisotopic (exact) mass is 288 g/mol. The molecule has 0 radical (unpaired) electrons. The standard InChI is InChI=1S/C16H20N2OS/c1-4-14-10-17-16(20-14)11(3)18-13-8-6-12(7-9-13)15(19)5-2/h6-11,18H,4-5H2,1-3H3. The number of hydrogen-bond acceptors (Lipinski definition) is 4. The van der Waals surface area contributed by atoms with Crippen molar-refractivity contribution in [2.24, 2.45) is 0 Å². The van der Waals surface area contributed by atoms with Crippen LogP contribution in [0.25, 0.3) is 0 Å². The Morgan fingerprint density at radius 2 is 2.00 bits per heavy atom. The number of Topliss-reactive ketones (excluding diaryl/α,β-unsaturated/α-hetero) is 1. The second-order valence-electron chi connectivity index (χ2n) is 4.74. The summed E-state index contributed by atoms with van der Waals surface area (Å²) >= 11 is 1.74. The molecule has 0 saturated heterocycles. The first-order chi connectivity index (χ1) is 9.63. The Balaban J connectivity index is 2.04. The van der Waals surface area contributed by atoms with E-state index in [1.54, 1.807) is 11.3 Å². The van der Waals surface area contributed by atoms with Gasteiger partial charge in [0.1, 0.15) is 5.01 Å². The van der Waals surface area contributed by atoms with Crippen LogP contribution < -0.4 is 5.32 Å². The largest absolute Gasteiger partial charge is 0.376 e. The Morgan fingerprint density at radius 1 is 1.30 bits per heavy atom. The molecule has 2 rings (SSSR count). The lowest BCUT2D eigenvalue weighted by molar-refractivity contribution is 0.0988. The fourth-order valence-electron chi connectivity index (χ4n) is 1.95. The summed E-state index contributed by atoms with van der Waals surface area (Å²) in [5.74, 6) is 0.178. The van der Waals surface area contributed by atoms with Gasteiger partial charge in [-0.15, -0.1) is 11.3 Å². The van der Waals surface area contributed by atoms with Crippen LogP contribution in [0.2, 0.25) is 0 Å². The van der Waals surface area contributed by atoms with Gasteiger partial charge in [0, 0.05) is 28.7 Å². The third kappa shape index (κ3) is 3.45. The molecule has 1 aromatic heterocycles. The minimum atomic E-state index is 0.174. The fourth-order valence-corrected chi connectivity index (χ4v) is 2.81. The lowest BCUT2D eigenvalue weighted by Crippen LogP contribution is -2.06. The molecule has 3 nitrogen and oxygen atoms in total. The van der Waals surface area contributed by atoms with E-state index in [4.69, 9.17) is 0 Å². The summed E-state index contributed by atoms with van der Waals surface area (Å²) in [7, 11) is 0. The number of carbonyl (C=O) groups is 1. The van der Waals surface area contributed by atoms with Gasteiger partial charge in [-0.25, -0.2) is 4.98 Å². The van der Waals surface area contributed by atoms with Crippen molar-refractivity contribution in [3.05, 3.63) is 45.9 Å². The molecule has 1 heterocycles. The molecule has 2 aromatic rings. The molecule has 0 bridgehead atoms. The summed E-state index contributed by atoms with van der Waals surface area (Å²) in [6, 6.07) is 7.83. The van der Waals surface area contributed by atoms with E-state index in [1.165, 1.54) is 4.88 Å². The van der Waals surface area contributed by atoms with E-state index in [0.29, 0.717) is 6.42 Å². The van der Waals surface area contributed by atoms with Crippen molar-refractivity contribution in [1.82, 2.24) is 4.98 Å². The topological polar surface area (TPSA) is 42.0 Å². The molecule has 106 valence electrons. The van der Waals surface area contributed by atoms with Gasteiger partial charge in [0.05, 0.1) is 6.04 Å². The number of aryl methyl sites for hydroxylation is 1. The Labute approximate surface area is 124 Å². The lowest BCUT2D eigenvalue weighted by Gasteiger charge is -2.13. The number of benzene rings is 1. The van der Waals surface area contributed by atoms with Gasteiger partial charge in [0.25, 0.3) is 0 Å². The quantitative estimate of drug-likeness (QED) is 0.797. The van der Waals surface area contributed by atoms with E-state index in [-0.39, 0.29) is 11.8 Å². The summed E-state index contributed by atoms with van der Waals surface area (Å²) < 4.78 is 0. The van der Waals surface area contributed by atoms with Gasteiger partial charge in [-0.05, 0) is 37.6 Å². The maximum absolute atomic E-state index is 11.6. The van der Waals surface area contributed by atoms with Crippen LogP contribution in [0.4, 0.5) is 5.69 Å². The molecule has 1 atom stereocenters. The first kappa shape index (κ1) is 14.7. The van der Waals surface area contributed by atoms with Gasteiger partial charge < -0.3 is 5.32 Å². The van der Waals surface area contributed by atoms with Gasteiger partial charge in [-0.3, -0.25) is 4.79 Å². The number of hydrogen-bond donors (Lipinski definition) is 1. The van der Waals surface area contributed by atoms with Crippen molar-refractivity contribution >= 4 is 22.8 Å². The number of anilines is 1. The van der Waals surface area contributed by atoms with Crippen LogP contribution in [0.15, 0.2) is 30.5 Å². The van der Waals surface area contributed by atoms with E-state index in [9.17, 15) is 4.79 Å². The normalized spacial score (nSPS) is 12.2. The number of nitrogens with one attached hydrogen (secondary N) is 1. The third-order valence-corrected chi connectivity index (χ3v) is 4.53. The van der Waals surface area contributed by atoms with E-state index in [0.717, 1.165) is 22.7 Å². The second-order valence-corrected chi connectivity index (χ2v) is 5.89. The highest BCUT2D eigenvalue weighted by molar-refractivity contribution is 7.11. The Hall–Kier alpha value is -1.68. The molecule has 0 saturated carbocycles. The third-order valence-electron chi connectivity index (χ3n) is 3.20. The first-order valence-corrected chi connectivity index (χ1v) is 7.80. The highest BCUT2D eigenvalue weighted by atomic mass is 32.1. The molecule has 0 fully saturated rings. The van der Waals surface area contributed by atoms with Crippen LogP contribution in [0, 0.1) is 0 Å². The van der Waals surface area contributed by atoms with Crippen molar-refractivity contribution in [3.8, 4) is 0 Å².